The highest BCUT2D eigenvalue weighted by Gasteiger charge is 2.16. The van der Waals surface area contributed by atoms with Gasteiger partial charge in [0.25, 0.3) is 0 Å². The molecule has 7 heteroatoms. The molecule has 6 nitrogen and oxygen atoms in total. The molecule has 5 aromatic heterocycles. The van der Waals surface area contributed by atoms with Crippen molar-refractivity contribution < 1.29 is 4.39 Å². The van der Waals surface area contributed by atoms with Crippen LogP contribution >= 0.6 is 0 Å². The molecule has 0 spiro atoms. The third-order valence-corrected chi connectivity index (χ3v) is 7.46. The maximum atomic E-state index is 14.0. The van der Waals surface area contributed by atoms with Gasteiger partial charge >= 0.3 is 0 Å². The molecule has 0 saturated carbocycles. The molecule has 43 heavy (non-hydrogen) atoms. The molecule has 0 unspecified atom stereocenters. The van der Waals surface area contributed by atoms with E-state index in [1.54, 1.807) is 18.5 Å². The Hall–Kier alpha value is -5.95. The van der Waals surface area contributed by atoms with Crippen LogP contribution in [0.2, 0.25) is 0 Å². The number of fused-ring (bicyclic) bond motifs is 4. The molecule has 0 aliphatic carbocycles. The Labute approximate surface area is 245 Å². The van der Waals surface area contributed by atoms with Crippen LogP contribution in [0.4, 0.5) is 4.39 Å². The maximum absolute atomic E-state index is 14.0. The zero-order valence-corrected chi connectivity index (χ0v) is 22.7. The predicted octanol–water partition coefficient (Wildman–Crippen LogP) is 8.32. The van der Waals surface area contributed by atoms with E-state index in [9.17, 15) is 4.39 Å². The van der Waals surface area contributed by atoms with Gasteiger partial charge in [0.2, 0.25) is 5.95 Å². The summed E-state index contributed by atoms with van der Waals surface area (Å²) in [4.78, 5) is 28.2. The van der Waals surface area contributed by atoms with Crippen LogP contribution in [0.5, 0.6) is 0 Å². The lowest BCUT2D eigenvalue weighted by atomic mass is 10.00. The third kappa shape index (κ3) is 4.53. The summed E-state index contributed by atoms with van der Waals surface area (Å²) in [7, 11) is 0. The lowest BCUT2D eigenvalue weighted by Gasteiger charge is -2.11. The average molecular weight is 557 g/mol. The molecule has 0 aliphatic rings. The smallest absolute Gasteiger partial charge is 0.213 e. The van der Waals surface area contributed by atoms with E-state index in [1.165, 1.54) is 6.07 Å². The Balaban J connectivity index is 1.24. The minimum absolute atomic E-state index is 0.521. The molecule has 0 atom stereocenters. The van der Waals surface area contributed by atoms with Gasteiger partial charge in [0, 0.05) is 28.7 Å². The van der Waals surface area contributed by atoms with Gasteiger partial charge in [-0.15, -0.1) is 0 Å². The fraction of sp³-hybridized carbons (Fsp3) is 0. The SMILES string of the molecule is Fc1ccc2ccc3ccc(-c4cccc(-c5ccc6nc(-c7ccccn7)c(-c7ccccn7)nc6c5)c4)nc3c2n1. The van der Waals surface area contributed by atoms with Crippen LogP contribution in [0.15, 0.2) is 128 Å². The summed E-state index contributed by atoms with van der Waals surface area (Å²) < 4.78 is 14.0. The second-order valence-electron chi connectivity index (χ2n) is 10.2. The number of hydrogen-bond donors (Lipinski definition) is 0. The number of nitrogens with zero attached hydrogens (tertiary/aromatic N) is 6. The third-order valence-electron chi connectivity index (χ3n) is 7.46. The van der Waals surface area contributed by atoms with Gasteiger partial charge in [0.05, 0.1) is 39.1 Å². The van der Waals surface area contributed by atoms with E-state index in [2.05, 4.69) is 27.1 Å². The largest absolute Gasteiger partial charge is 0.255 e. The van der Waals surface area contributed by atoms with Crippen molar-refractivity contribution in [1.29, 1.82) is 0 Å². The predicted molar refractivity (Wildman–Crippen MR) is 167 cm³/mol. The van der Waals surface area contributed by atoms with Crippen LogP contribution in [0.1, 0.15) is 0 Å². The zero-order chi connectivity index (χ0) is 28.8. The van der Waals surface area contributed by atoms with Crippen LogP contribution in [0.25, 0.3) is 78.0 Å². The molecule has 3 aromatic carbocycles. The van der Waals surface area contributed by atoms with Crippen molar-refractivity contribution in [1.82, 2.24) is 29.9 Å². The van der Waals surface area contributed by atoms with Crippen molar-refractivity contribution in [3.05, 3.63) is 134 Å². The van der Waals surface area contributed by atoms with Crippen molar-refractivity contribution >= 4 is 32.8 Å². The molecule has 0 amide bonds. The minimum Gasteiger partial charge on any atom is -0.255 e. The number of halogens is 1. The van der Waals surface area contributed by atoms with E-state index >= 15 is 0 Å². The van der Waals surface area contributed by atoms with E-state index in [0.717, 1.165) is 55.6 Å². The Morgan fingerprint density at radius 3 is 1.77 bits per heavy atom. The summed E-state index contributed by atoms with van der Waals surface area (Å²) in [5.74, 6) is -0.521. The molecule has 0 radical (unpaired) electrons. The first-order chi connectivity index (χ1) is 21.2. The first kappa shape index (κ1) is 24.8. The van der Waals surface area contributed by atoms with E-state index in [4.69, 9.17) is 15.0 Å². The average Bonchev–Trinajstić information content (AvgIpc) is 3.08. The Kier molecular flexibility index (Phi) is 5.86. The summed E-state index contributed by atoms with van der Waals surface area (Å²) in [6.45, 7) is 0. The molecule has 202 valence electrons. The van der Waals surface area contributed by atoms with Gasteiger partial charge in [0.15, 0.2) is 0 Å². The molecule has 0 fully saturated rings. The summed E-state index contributed by atoms with van der Waals surface area (Å²) in [6.07, 6.45) is 3.50. The summed E-state index contributed by atoms with van der Waals surface area (Å²) in [5, 5.41) is 1.76. The second-order valence-corrected chi connectivity index (χ2v) is 10.2. The molecular formula is C36H21FN6. The van der Waals surface area contributed by atoms with Crippen LogP contribution < -0.4 is 0 Å². The molecule has 8 aromatic rings. The monoisotopic (exact) mass is 556 g/mol. The van der Waals surface area contributed by atoms with Gasteiger partial charge in [0.1, 0.15) is 11.4 Å². The quantitative estimate of drug-likeness (QED) is 0.160. The van der Waals surface area contributed by atoms with Crippen molar-refractivity contribution in [3.63, 3.8) is 0 Å². The molecule has 0 N–H and O–H groups in total. The van der Waals surface area contributed by atoms with Gasteiger partial charge < -0.3 is 0 Å². The number of rotatable bonds is 4. The van der Waals surface area contributed by atoms with Crippen LogP contribution in [0, 0.1) is 5.95 Å². The Morgan fingerprint density at radius 1 is 0.419 bits per heavy atom. The van der Waals surface area contributed by atoms with Crippen molar-refractivity contribution in [2.45, 2.75) is 0 Å². The summed E-state index contributed by atoms with van der Waals surface area (Å²) >= 11 is 0. The highest BCUT2D eigenvalue weighted by atomic mass is 19.1. The van der Waals surface area contributed by atoms with Gasteiger partial charge in [-0.3, -0.25) is 9.97 Å². The molecule has 0 bridgehead atoms. The van der Waals surface area contributed by atoms with Crippen LogP contribution in [0.3, 0.4) is 0 Å². The van der Waals surface area contributed by atoms with E-state index < -0.39 is 5.95 Å². The Morgan fingerprint density at radius 2 is 1.05 bits per heavy atom. The van der Waals surface area contributed by atoms with Gasteiger partial charge in [-0.2, -0.15) is 4.39 Å². The van der Waals surface area contributed by atoms with Gasteiger partial charge in [-0.05, 0) is 71.8 Å². The van der Waals surface area contributed by atoms with Crippen molar-refractivity contribution in [3.8, 4) is 45.2 Å². The summed E-state index contributed by atoms with van der Waals surface area (Å²) in [6, 6.07) is 36.8. The fourth-order valence-corrected chi connectivity index (χ4v) is 5.36. The number of hydrogen-bond acceptors (Lipinski definition) is 6. The van der Waals surface area contributed by atoms with Crippen LogP contribution in [-0.4, -0.2) is 29.9 Å². The minimum atomic E-state index is -0.521. The summed E-state index contributed by atoms with van der Waals surface area (Å²) in [5.41, 5.74) is 9.32. The van der Waals surface area contributed by atoms with E-state index in [1.807, 2.05) is 91.0 Å². The second kappa shape index (κ2) is 10.2. The highest BCUT2D eigenvalue weighted by molar-refractivity contribution is 6.03. The molecule has 0 saturated heterocycles. The van der Waals surface area contributed by atoms with Gasteiger partial charge in [-0.1, -0.05) is 54.6 Å². The van der Waals surface area contributed by atoms with Crippen molar-refractivity contribution in [2.24, 2.45) is 0 Å². The van der Waals surface area contributed by atoms with Crippen molar-refractivity contribution in [2.75, 3.05) is 0 Å². The maximum Gasteiger partial charge on any atom is 0.213 e. The van der Waals surface area contributed by atoms with E-state index in [0.29, 0.717) is 22.4 Å². The number of aromatic nitrogens is 6. The molecule has 0 aliphatic heterocycles. The lowest BCUT2D eigenvalue weighted by Crippen LogP contribution is -1.98. The Bertz CT molecular complexity index is 2310. The topological polar surface area (TPSA) is 77.3 Å². The van der Waals surface area contributed by atoms with Crippen LogP contribution in [-0.2, 0) is 0 Å². The van der Waals surface area contributed by atoms with Gasteiger partial charge in [-0.25, -0.2) is 19.9 Å². The molecule has 5 heterocycles. The first-order valence-electron chi connectivity index (χ1n) is 13.8. The van der Waals surface area contributed by atoms with E-state index in [-0.39, 0.29) is 0 Å². The lowest BCUT2D eigenvalue weighted by molar-refractivity contribution is 0.589. The molecule has 8 rings (SSSR count). The fourth-order valence-electron chi connectivity index (χ4n) is 5.36. The first-order valence-corrected chi connectivity index (χ1v) is 13.8. The number of pyridine rings is 4. The normalized spacial score (nSPS) is 11.4. The number of benzene rings is 3. The molecular weight excluding hydrogens is 535 g/mol. The standard InChI is InChI=1S/C36H21FN6/c37-32-17-14-23-11-10-22-12-15-27(40-33(22)34(23)43-32)26-7-5-6-24(20-26)25-13-16-28-31(21-25)42-36(30-9-2-4-19-39-30)35(41-28)29-8-1-3-18-38-29/h1-21H. The zero-order valence-electron chi connectivity index (χ0n) is 22.7. The highest BCUT2D eigenvalue weighted by Crippen LogP contribution is 2.33.